The number of amides is 1. The number of hydrogen-bond acceptors (Lipinski definition) is 4. The fourth-order valence-corrected chi connectivity index (χ4v) is 4.78. The fourth-order valence-electron chi connectivity index (χ4n) is 2.18. The summed E-state index contributed by atoms with van der Waals surface area (Å²) in [6, 6.07) is 20.2. The molecule has 4 nitrogen and oxygen atoms in total. The van der Waals surface area contributed by atoms with Gasteiger partial charge in [-0.25, -0.2) is 4.79 Å². The van der Waals surface area contributed by atoms with Gasteiger partial charge in [-0.1, -0.05) is 42.1 Å². The quantitative estimate of drug-likeness (QED) is 0.476. The van der Waals surface area contributed by atoms with Gasteiger partial charge in [-0.05, 0) is 58.4 Å². The van der Waals surface area contributed by atoms with Crippen LogP contribution in [0, 0.1) is 0 Å². The van der Waals surface area contributed by atoms with Crippen LogP contribution in [0.2, 0.25) is 0 Å². The number of carboxylic acid groups (broad SMARTS) is 1. The van der Waals surface area contributed by atoms with Gasteiger partial charge in [-0.3, -0.25) is 4.79 Å². The van der Waals surface area contributed by atoms with E-state index < -0.39 is 11.9 Å². The number of nitrogens with one attached hydrogen (secondary N) is 1. The SMILES string of the molecule is O=C(O)C(=Cc1ccc(Sc2ccccc2Br)s1)NC(=O)c1ccccc1. The second kappa shape index (κ2) is 9.03. The first kappa shape index (κ1) is 19.4. The van der Waals surface area contributed by atoms with Crippen molar-refractivity contribution in [1.82, 2.24) is 5.32 Å². The van der Waals surface area contributed by atoms with Crippen LogP contribution in [0.3, 0.4) is 0 Å². The first-order chi connectivity index (χ1) is 13.0. The molecule has 1 amide bonds. The fraction of sp³-hybridized carbons (Fsp3) is 0. The monoisotopic (exact) mass is 459 g/mol. The molecule has 2 N–H and O–H groups in total. The van der Waals surface area contributed by atoms with Crippen molar-refractivity contribution >= 4 is 57.0 Å². The maximum Gasteiger partial charge on any atom is 0.352 e. The van der Waals surface area contributed by atoms with Crippen LogP contribution in [0.15, 0.2) is 86.0 Å². The topological polar surface area (TPSA) is 66.4 Å². The Kier molecular flexibility index (Phi) is 6.49. The minimum absolute atomic E-state index is 0.164. The highest BCUT2D eigenvalue weighted by molar-refractivity contribution is 9.10. The highest BCUT2D eigenvalue weighted by atomic mass is 79.9. The lowest BCUT2D eigenvalue weighted by Crippen LogP contribution is -2.27. The minimum atomic E-state index is -1.19. The van der Waals surface area contributed by atoms with Gasteiger partial charge in [0.15, 0.2) is 0 Å². The average molecular weight is 460 g/mol. The van der Waals surface area contributed by atoms with E-state index in [0.717, 1.165) is 18.5 Å². The van der Waals surface area contributed by atoms with E-state index in [0.29, 0.717) is 5.56 Å². The zero-order valence-electron chi connectivity index (χ0n) is 13.9. The molecule has 0 atom stereocenters. The van der Waals surface area contributed by atoms with Gasteiger partial charge in [0.1, 0.15) is 5.70 Å². The summed E-state index contributed by atoms with van der Waals surface area (Å²) >= 11 is 6.56. The molecule has 7 heteroatoms. The first-order valence-corrected chi connectivity index (χ1v) is 10.3. The van der Waals surface area contributed by atoms with Crippen LogP contribution in [0.5, 0.6) is 0 Å². The minimum Gasteiger partial charge on any atom is -0.477 e. The van der Waals surface area contributed by atoms with Crippen LogP contribution >= 0.6 is 39.0 Å². The Bertz CT molecular complexity index is 999. The number of aliphatic carboxylic acids is 1. The van der Waals surface area contributed by atoms with Crippen LogP contribution in [-0.2, 0) is 4.79 Å². The molecule has 0 radical (unpaired) electrons. The molecular weight excluding hydrogens is 446 g/mol. The standard InChI is InChI=1S/C20H14BrNO3S2/c21-15-8-4-5-9-17(15)27-18-11-10-14(26-18)12-16(20(24)25)22-19(23)13-6-2-1-3-7-13/h1-12H,(H,22,23)(H,24,25). The molecular formula is C20H14BrNO3S2. The lowest BCUT2D eigenvalue weighted by Gasteiger charge is -2.05. The van der Waals surface area contributed by atoms with Crippen molar-refractivity contribution in [1.29, 1.82) is 0 Å². The van der Waals surface area contributed by atoms with Gasteiger partial charge in [0, 0.05) is 19.8 Å². The van der Waals surface area contributed by atoms with Gasteiger partial charge in [0.2, 0.25) is 0 Å². The zero-order valence-corrected chi connectivity index (χ0v) is 17.1. The molecule has 3 aromatic rings. The number of halogens is 1. The summed E-state index contributed by atoms with van der Waals surface area (Å²) in [6.45, 7) is 0. The molecule has 0 spiro atoms. The van der Waals surface area contributed by atoms with Crippen LogP contribution in [0.25, 0.3) is 6.08 Å². The van der Waals surface area contributed by atoms with Crippen LogP contribution < -0.4 is 5.32 Å². The van der Waals surface area contributed by atoms with E-state index in [1.807, 2.05) is 36.4 Å². The van der Waals surface area contributed by atoms with Gasteiger partial charge in [-0.2, -0.15) is 0 Å². The Labute approximate surface area is 173 Å². The lowest BCUT2D eigenvalue weighted by atomic mass is 10.2. The normalized spacial score (nSPS) is 11.2. The molecule has 0 saturated carbocycles. The number of benzene rings is 2. The van der Waals surface area contributed by atoms with Gasteiger partial charge >= 0.3 is 5.97 Å². The molecule has 0 aliphatic carbocycles. The highest BCUT2D eigenvalue weighted by Crippen LogP contribution is 2.37. The maximum absolute atomic E-state index is 12.2. The van der Waals surface area contributed by atoms with Crippen molar-refractivity contribution < 1.29 is 14.7 Å². The number of carboxylic acids is 1. The number of thiophene rings is 1. The number of carbonyl (C=O) groups excluding carboxylic acids is 1. The second-order valence-corrected chi connectivity index (χ2v) is 8.68. The van der Waals surface area contributed by atoms with Gasteiger partial charge in [0.05, 0.1) is 4.21 Å². The lowest BCUT2D eigenvalue weighted by molar-refractivity contribution is -0.132. The van der Waals surface area contributed by atoms with Gasteiger partial charge in [-0.15, -0.1) is 11.3 Å². The van der Waals surface area contributed by atoms with Crippen molar-refractivity contribution in [2.45, 2.75) is 9.10 Å². The van der Waals surface area contributed by atoms with E-state index in [2.05, 4.69) is 21.2 Å². The highest BCUT2D eigenvalue weighted by Gasteiger charge is 2.14. The molecule has 0 aliphatic rings. The van der Waals surface area contributed by atoms with Crippen LogP contribution in [-0.4, -0.2) is 17.0 Å². The summed E-state index contributed by atoms with van der Waals surface area (Å²) in [5.74, 6) is -1.64. The van der Waals surface area contributed by atoms with E-state index in [-0.39, 0.29) is 5.70 Å². The van der Waals surface area contributed by atoms with E-state index >= 15 is 0 Å². The molecule has 0 aliphatic heterocycles. The Balaban J connectivity index is 1.77. The Morgan fingerprint density at radius 3 is 2.41 bits per heavy atom. The van der Waals surface area contributed by atoms with Crippen molar-refractivity contribution in [3.05, 3.63) is 87.3 Å². The Hall–Kier alpha value is -2.35. The Morgan fingerprint density at radius 2 is 1.70 bits per heavy atom. The molecule has 0 bridgehead atoms. The smallest absolute Gasteiger partial charge is 0.352 e. The second-order valence-electron chi connectivity index (χ2n) is 5.37. The molecule has 1 aromatic heterocycles. The molecule has 0 unspecified atom stereocenters. The van der Waals surface area contributed by atoms with E-state index in [9.17, 15) is 14.7 Å². The average Bonchev–Trinajstić information content (AvgIpc) is 3.10. The molecule has 0 saturated heterocycles. The third kappa shape index (κ3) is 5.32. The third-order valence-electron chi connectivity index (χ3n) is 3.45. The third-order valence-corrected chi connectivity index (χ3v) is 6.64. The maximum atomic E-state index is 12.2. The molecule has 136 valence electrons. The number of carbonyl (C=O) groups is 2. The van der Waals surface area contributed by atoms with Gasteiger partial charge < -0.3 is 10.4 Å². The molecule has 2 aromatic carbocycles. The first-order valence-electron chi connectivity index (χ1n) is 7.86. The summed E-state index contributed by atoms with van der Waals surface area (Å²) in [4.78, 5) is 25.6. The number of hydrogen-bond donors (Lipinski definition) is 2. The summed E-state index contributed by atoms with van der Waals surface area (Å²) in [5, 5.41) is 11.9. The van der Waals surface area contributed by atoms with E-state index in [1.165, 1.54) is 17.4 Å². The number of rotatable bonds is 6. The zero-order chi connectivity index (χ0) is 19.2. The summed E-state index contributed by atoms with van der Waals surface area (Å²) in [6.07, 6.45) is 1.47. The van der Waals surface area contributed by atoms with Crippen LogP contribution in [0.4, 0.5) is 0 Å². The summed E-state index contributed by atoms with van der Waals surface area (Å²) in [7, 11) is 0. The van der Waals surface area contributed by atoms with E-state index in [4.69, 9.17) is 0 Å². The molecule has 3 rings (SSSR count). The largest absolute Gasteiger partial charge is 0.477 e. The van der Waals surface area contributed by atoms with Crippen molar-refractivity contribution in [2.75, 3.05) is 0 Å². The van der Waals surface area contributed by atoms with Crippen molar-refractivity contribution in [3.8, 4) is 0 Å². The van der Waals surface area contributed by atoms with E-state index in [1.54, 1.807) is 42.1 Å². The van der Waals surface area contributed by atoms with Crippen molar-refractivity contribution in [2.24, 2.45) is 0 Å². The predicted molar refractivity (Wildman–Crippen MR) is 112 cm³/mol. The van der Waals surface area contributed by atoms with Gasteiger partial charge in [0.25, 0.3) is 5.91 Å². The summed E-state index contributed by atoms with van der Waals surface area (Å²) < 4.78 is 2.02. The van der Waals surface area contributed by atoms with Crippen molar-refractivity contribution in [3.63, 3.8) is 0 Å². The summed E-state index contributed by atoms with van der Waals surface area (Å²) in [5.41, 5.74) is 0.240. The molecule has 27 heavy (non-hydrogen) atoms. The van der Waals surface area contributed by atoms with Crippen LogP contribution in [0.1, 0.15) is 15.2 Å². The molecule has 0 fully saturated rings. The predicted octanol–water partition coefficient (Wildman–Crippen LogP) is 5.52. The molecule has 1 heterocycles. The Morgan fingerprint density at radius 1 is 1.00 bits per heavy atom.